The Hall–Kier alpha value is -1.52. The second-order valence-electron chi connectivity index (χ2n) is 7.31. The van der Waals surface area contributed by atoms with Gasteiger partial charge in [-0.25, -0.2) is 0 Å². The molecular formula is C24H34BrNO2. The minimum Gasteiger partial charge on any atom is -0.493 e. The topological polar surface area (TPSA) is 30.5 Å². The van der Waals surface area contributed by atoms with Crippen LogP contribution in [0.15, 0.2) is 40.9 Å². The van der Waals surface area contributed by atoms with E-state index in [2.05, 4.69) is 65.4 Å². The maximum absolute atomic E-state index is 6.00. The highest BCUT2D eigenvalue weighted by atomic mass is 79.9. The van der Waals surface area contributed by atoms with E-state index in [1.54, 1.807) is 7.11 Å². The molecule has 0 fully saturated rings. The summed E-state index contributed by atoms with van der Waals surface area (Å²) in [6.07, 6.45) is 7.92. The van der Waals surface area contributed by atoms with Crippen LogP contribution in [0, 0.1) is 6.92 Å². The summed E-state index contributed by atoms with van der Waals surface area (Å²) < 4.78 is 12.6. The fourth-order valence-electron chi connectivity index (χ4n) is 3.08. The van der Waals surface area contributed by atoms with Crippen molar-refractivity contribution in [3.63, 3.8) is 0 Å². The average molecular weight is 448 g/mol. The van der Waals surface area contributed by atoms with Gasteiger partial charge in [0.1, 0.15) is 6.61 Å². The van der Waals surface area contributed by atoms with Gasteiger partial charge < -0.3 is 14.8 Å². The van der Waals surface area contributed by atoms with E-state index < -0.39 is 0 Å². The summed E-state index contributed by atoms with van der Waals surface area (Å²) >= 11 is 3.68. The van der Waals surface area contributed by atoms with Crippen molar-refractivity contribution in [2.24, 2.45) is 0 Å². The SMILES string of the molecule is CCCCCCCCNCc1cc(OC)c(OCc2ccc(C)cc2)cc1Br. The Kier molecular flexibility index (Phi) is 10.4. The summed E-state index contributed by atoms with van der Waals surface area (Å²) in [5.41, 5.74) is 3.58. The summed E-state index contributed by atoms with van der Waals surface area (Å²) in [6, 6.07) is 12.5. The fourth-order valence-corrected chi connectivity index (χ4v) is 3.55. The van der Waals surface area contributed by atoms with Gasteiger partial charge in [-0.3, -0.25) is 0 Å². The van der Waals surface area contributed by atoms with E-state index in [9.17, 15) is 0 Å². The molecule has 1 N–H and O–H groups in total. The second kappa shape index (κ2) is 12.8. The zero-order valence-electron chi connectivity index (χ0n) is 17.5. The van der Waals surface area contributed by atoms with E-state index in [0.29, 0.717) is 6.61 Å². The minimum absolute atomic E-state index is 0.526. The molecule has 0 amide bonds. The van der Waals surface area contributed by atoms with Crippen LogP contribution in [0.3, 0.4) is 0 Å². The molecule has 0 saturated carbocycles. The van der Waals surface area contributed by atoms with Crippen LogP contribution >= 0.6 is 15.9 Å². The molecule has 2 aromatic rings. The van der Waals surface area contributed by atoms with Crippen LogP contribution in [0.5, 0.6) is 11.5 Å². The van der Waals surface area contributed by atoms with Crippen LogP contribution in [0.2, 0.25) is 0 Å². The average Bonchev–Trinajstić information content (AvgIpc) is 2.70. The van der Waals surface area contributed by atoms with Crippen LogP contribution < -0.4 is 14.8 Å². The van der Waals surface area contributed by atoms with Crippen molar-refractivity contribution in [2.75, 3.05) is 13.7 Å². The predicted octanol–water partition coefficient (Wildman–Crippen LogP) is 6.80. The van der Waals surface area contributed by atoms with Crippen LogP contribution in [-0.2, 0) is 13.2 Å². The maximum Gasteiger partial charge on any atom is 0.162 e. The normalized spacial score (nSPS) is 10.9. The van der Waals surface area contributed by atoms with E-state index in [1.807, 2.05) is 6.07 Å². The monoisotopic (exact) mass is 447 g/mol. The Labute approximate surface area is 179 Å². The molecule has 0 atom stereocenters. The Morgan fingerprint density at radius 1 is 0.929 bits per heavy atom. The van der Waals surface area contributed by atoms with Gasteiger partial charge in [0.2, 0.25) is 0 Å². The third-order valence-corrected chi connectivity index (χ3v) is 5.61. The van der Waals surface area contributed by atoms with Gasteiger partial charge >= 0.3 is 0 Å². The largest absolute Gasteiger partial charge is 0.493 e. The van der Waals surface area contributed by atoms with Gasteiger partial charge in [0.05, 0.1) is 7.11 Å². The molecule has 0 aromatic heterocycles. The fraction of sp³-hybridized carbons (Fsp3) is 0.500. The molecule has 0 heterocycles. The van der Waals surface area contributed by atoms with Crippen LogP contribution in [0.4, 0.5) is 0 Å². The van der Waals surface area contributed by atoms with Gasteiger partial charge in [-0.1, -0.05) is 84.8 Å². The third kappa shape index (κ3) is 7.84. The highest BCUT2D eigenvalue weighted by Crippen LogP contribution is 2.34. The predicted molar refractivity (Wildman–Crippen MR) is 121 cm³/mol. The highest BCUT2D eigenvalue weighted by molar-refractivity contribution is 9.10. The Morgan fingerprint density at radius 2 is 1.64 bits per heavy atom. The number of unbranched alkanes of at least 4 members (excludes halogenated alkanes) is 5. The second-order valence-corrected chi connectivity index (χ2v) is 8.17. The van der Waals surface area contributed by atoms with Gasteiger partial charge in [-0.2, -0.15) is 0 Å². The Bertz CT molecular complexity index is 700. The summed E-state index contributed by atoms with van der Waals surface area (Å²) in [4.78, 5) is 0. The first-order valence-corrected chi connectivity index (χ1v) is 11.2. The lowest BCUT2D eigenvalue weighted by atomic mass is 10.1. The molecule has 0 aliphatic rings. The lowest BCUT2D eigenvalue weighted by molar-refractivity contribution is 0.284. The maximum atomic E-state index is 6.00. The molecule has 0 bridgehead atoms. The number of methoxy groups -OCH3 is 1. The lowest BCUT2D eigenvalue weighted by Crippen LogP contribution is -2.15. The molecule has 0 unspecified atom stereocenters. The highest BCUT2D eigenvalue weighted by Gasteiger charge is 2.10. The summed E-state index contributed by atoms with van der Waals surface area (Å²) in [6.45, 7) is 6.74. The molecule has 0 aliphatic heterocycles. The van der Waals surface area contributed by atoms with Gasteiger partial charge in [0.25, 0.3) is 0 Å². The van der Waals surface area contributed by atoms with Crippen molar-refractivity contribution >= 4 is 15.9 Å². The van der Waals surface area contributed by atoms with E-state index >= 15 is 0 Å². The van der Waals surface area contributed by atoms with Crippen molar-refractivity contribution in [1.29, 1.82) is 0 Å². The number of hydrogen-bond acceptors (Lipinski definition) is 3. The summed E-state index contributed by atoms with van der Waals surface area (Å²) in [5.74, 6) is 1.53. The number of rotatable bonds is 13. The zero-order chi connectivity index (χ0) is 20.2. The quantitative estimate of drug-likeness (QED) is 0.342. The summed E-state index contributed by atoms with van der Waals surface area (Å²) in [5, 5.41) is 3.54. The number of benzene rings is 2. The number of aryl methyl sites for hydroxylation is 1. The van der Waals surface area contributed by atoms with E-state index in [0.717, 1.165) is 34.6 Å². The summed E-state index contributed by atoms with van der Waals surface area (Å²) in [7, 11) is 1.69. The first-order valence-electron chi connectivity index (χ1n) is 10.4. The van der Waals surface area contributed by atoms with E-state index in [4.69, 9.17) is 9.47 Å². The van der Waals surface area contributed by atoms with Gasteiger partial charge in [0.15, 0.2) is 11.5 Å². The molecule has 3 nitrogen and oxygen atoms in total. The molecular weight excluding hydrogens is 414 g/mol. The molecule has 154 valence electrons. The number of nitrogens with one attached hydrogen (secondary N) is 1. The van der Waals surface area contributed by atoms with E-state index in [1.165, 1.54) is 49.7 Å². The van der Waals surface area contributed by atoms with Gasteiger partial charge in [-0.15, -0.1) is 0 Å². The number of hydrogen-bond donors (Lipinski definition) is 1. The molecule has 0 saturated heterocycles. The molecule has 28 heavy (non-hydrogen) atoms. The van der Waals surface area contributed by atoms with Crippen molar-refractivity contribution in [3.05, 3.63) is 57.6 Å². The number of ether oxygens (including phenoxy) is 2. The molecule has 0 aliphatic carbocycles. The Morgan fingerprint density at radius 3 is 2.36 bits per heavy atom. The molecule has 4 heteroatoms. The van der Waals surface area contributed by atoms with Crippen molar-refractivity contribution < 1.29 is 9.47 Å². The van der Waals surface area contributed by atoms with Crippen LogP contribution in [0.25, 0.3) is 0 Å². The molecule has 0 spiro atoms. The zero-order valence-corrected chi connectivity index (χ0v) is 19.1. The molecule has 0 radical (unpaired) electrons. The number of halogens is 1. The van der Waals surface area contributed by atoms with Crippen molar-refractivity contribution in [1.82, 2.24) is 5.32 Å². The third-order valence-electron chi connectivity index (χ3n) is 4.87. The van der Waals surface area contributed by atoms with E-state index in [-0.39, 0.29) is 0 Å². The van der Waals surface area contributed by atoms with Gasteiger partial charge in [0, 0.05) is 11.0 Å². The first-order chi connectivity index (χ1) is 13.6. The van der Waals surface area contributed by atoms with Crippen LogP contribution in [0.1, 0.15) is 62.1 Å². The van der Waals surface area contributed by atoms with Crippen molar-refractivity contribution in [2.45, 2.75) is 65.5 Å². The Balaban J connectivity index is 1.83. The molecule has 2 aromatic carbocycles. The van der Waals surface area contributed by atoms with Crippen molar-refractivity contribution in [3.8, 4) is 11.5 Å². The first kappa shape index (κ1) is 22.8. The minimum atomic E-state index is 0.526. The van der Waals surface area contributed by atoms with Crippen LogP contribution in [-0.4, -0.2) is 13.7 Å². The molecule has 2 rings (SSSR count). The smallest absolute Gasteiger partial charge is 0.162 e. The van der Waals surface area contributed by atoms with Gasteiger partial charge in [-0.05, 0) is 43.1 Å². The standard InChI is InChI=1S/C24H34BrNO2/c1-4-5-6-7-8-9-14-26-17-21-15-23(27-3)24(16-22(21)25)28-18-20-12-10-19(2)11-13-20/h10-13,15-16,26H,4-9,14,17-18H2,1-3H3. The lowest BCUT2D eigenvalue weighted by Gasteiger charge is -2.15.